The summed E-state index contributed by atoms with van der Waals surface area (Å²) in [4.78, 5) is 18.9. The molecule has 118 valence electrons. The van der Waals surface area contributed by atoms with E-state index >= 15 is 0 Å². The van der Waals surface area contributed by atoms with Gasteiger partial charge in [-0.15, -0.1) is 0 Å². The van der Waals surface area contributed by atoms with Crippen molar-refractivity contribution in [3.63, 3.8) is 0 Å². The molecule has 2 saturated heterocycles. The first-order chi connectivity index (χ1) is 11.3. The van der Waals surface area contributed by atoms with E-state index in [1.54, 1.807) is 12.4 Å². The maximum Gasteiger partial charge on any atom is 0.254 e. The van der Waals surface area contributed by atoms with E-state index in [1.807, 2.05) is 42.5 Å². The van der Waals surface area contributed by atoms with Gasteiger partial charge in [-0.1, -0.05) is 18.2 Å². The van der Waals surface area contributed by atoms with Gasteiger partial charge in [-0.25, -0.2) is 0 Å². The minimum atomic E-state index is 0.167. The zero-order chi connectivity index (χ0) is 15.6. The van der Waals surface area contributed by atoms with E-state index in [0.717, 1.165) is 37.0 Å². The maximum absolute atomic E-state index is 12.8. The van der Waals surface area contributed by atoms with E-state index in [2.05, 4.69) is 9.88 Å². The van der Waals surface area contributed by atoms with Crippen LogP contribution in [0.2, 0.25) is 0 Å². The largest absolute Gasteiger partial charge is 0.490 e. The molecule has 4 heteroatoms. The number of piperidine rings is 1. The molecule has 2 atom stereocenters. The second-order valence-corrected chi connectivity index (χ2v) is 6.36. The number of hydrogen-bond acceptors (Lipinski definition) is 3. The Balaban J connectivity index is 1.47. The number of aromatic nitrogens is 1. The monoisotopic (exact) mass is 308 g/mol. The van der Waals surface area contributed by atoms with Gasteiger partial charge < -0.3 is 9.64 Å². The number of hydrogen-bond donors (Lipinski definition) is 0. The molecule has 23 heavy (non-hydrogen) atoms. The van der Waals surface area contributed by atoms with Crippen LogP contribution in [0.25, 0.3) is 0 Å². The van der Waals surface area contributed by atoms with Gasteiger partial charge in [0, 0.05) is 42.9 Å². The van der Waals surface area contributed by atoms with Crippen LogP contribution < -0.4 is 4.74 Å². The van der Waals surface area contributed by atoms with Crippen molar-refractivity contribution in [3.05, 3.63) is 60.4 Å². The van der Waals surface area contributed by atoms with Gasteiger partial charge in [-0.3, -0.25) is 9.78 Å². The van der Waals surface area contributed by atoms with Crippen LogP contribution >= 0.6 is 0 Å². The minimum Gasteiger partial charge on any atom is -0.490 e. The van der Waals surface area contributed by atoms with Crippen molar-refractivity contribution >= 4 is 5.91 Å². The number of carbonyl (C=O) groups is 1. The summed E-state index contributed by atoms with van der Waals surface area (Å²) in [5, 5.41) is 0. The number of pyridine rings is 1. The summed E-state index contributed by atoms with van der Waals surface area (Å²) in [5.41, 5.74) is 0.790. The topological polar surface area (TPSA) is 42.4 Å². The van der Waals surface area contributed by atoms with Gasteiger partial charge in [0.2, 0.25) is 0 Å². The predicted molar refractivity (Wildman–Crippen MR) is 87.3 cm³/mol. The number of carbonyl (C=O) groups excluding carboxylic acids is 1. The van der Waals surface area contributed by atoms with Crippen molar-refractivity contribution < 1.29 is 9.53 Å². The van der Waals surface area contributed by atoms with E-state index in [0.29, 0.717) is 12.1 Å². The van der Waals surface area contributed by atoms with Gasteiger partial charge in [0.1, 0.15) is 11.9 Å². The fourth-order valence-corrected chi connectivity index (χ4v) is 3.89. The smallest absolute Gasteiger partial charge is 0.254 e. The fraction of sp³-hybridized carbons (Fsp3) is 0.368. The molecule has 2 bridgehead atoms. The Morgan fingerprint density at radius 1 is 1.00 bits per heavy atom. The Hall–Kier alpha value is -2.36. The van der Waals surface area contributed by atoms with Crippen LogP contribution in [-0.4, -0.2) is 34.0 Å². The van der Waals surface area contributed by atoms with Crippen molar-refractivity contribution in [2.75, 3.05) is 0 Å². The number of rotatable bonds is 3. The lowest BCUT2D eigenvalue weighted by atomic mass is 9.98. The molecule has 2 fully saturated rings. The molecule has 2 unspecified atom stereocenters. The van der Waals surface area contributed by atoms with E-state index < -0.39 is 0 Å². The van der Waals surface area contributed by atoms with Crippen molar-refractivity contribution in [1.82, 2.24) is 9.88 Å². The Kier molecular flexibility index (Phi) is 3.74. The van der Waals surface area contributed by atoms with Crippen molar-refractivity contribution in [1.29, 1.82) is 0 Å². The minimum absolute atomic E-state index is 0.167. The zero-order valence-electron chi connectivity index (χ0n) is 13.0. The Morgan fingerprint density at radius 3 is 2.30 bits per heavy atom. The van der Waals surface area contributed by atoms with Gasteiger partial charge >= 0.3 is 0 Å². The van der Waals surface area contributed by atoms with Gasteiger partial charge in [-0.05, 0) is 37.1 Å². The maximum atomic E-state index is 12.8. The highest BCUT2D eigenvalue weighted by Gasteiger charge is 2.44. The molecule has 0 saturated carbocycles. The lowest BCUT2D eigenvalue weighted by Gasteiger charge is -2.39. The van der Waals surface area contributed by atoms with Crippen LogP contribution in [0.1, 0.15) is 36.0 Å². The average molecular weight is 308 g/mol. The van der Waals surface area contributed by atoms with Crippen LogP contribution in [0.5, 0.6) is 5.75 Å². The molecular formula is C19H20N2O2. The standard InChI is InChI=1S/C19H20N2O2/c22-19(14-4-2-1-3-5-14)21-15-6-7-16(21)13-18(12-15)23-17-8-10-20-11-9-17/h1-5,8-11,15-16,18H,6-7,12-13H2. The van der Waals surface area contributed by atoms with Gasteiger partial charge in [0.25, 0.3) is 5.91 Å². The summed E-state index contributed by atoms with van der Waals surface area (Å²) < 4.78 is 6.09. The molecule has 1 amide bonds. The summed E-state index contributed by atoms with van der Waals surface area (Å²) in [7, 11) is 0. The first-order valence-corrected chi connectivity index (χ1v) is 8.25. The summed E-state index contributed by atoms with van der Waals surface area (Å²) >= 11 is 0. The third-order valence-corrected chi connectivity index (χ3v) is 4.90. The van der Waals surface area contributed by atoms with Gasteiger partial charge in [0.15, 0.2) is 0 Å². The van der Waals surface area contributed by atoms with Crippen LogP contribution in [-0.2, 0) is 0 Å². The van der Waals surface area contributed by atoms with Crippen LogP contribution in [0.4, 0.5) is 0 Å². The number of ether oxygens (including phenoxy) is 1. The van der Waals surface area contributed by atoms with Crippen molar-refractivity contribution in [3.8, 4) is 5.75 Å². The molecule has 1 aromatic carbocycles. The summed E-state index contributed by atoms with van der Waals surface area (Å²) in [5.74, 6) is 1.03. The molecule has 2 aliphatic heterocycles. The van der Waals surface area contributed by atoms with Crippen LogP contribution in [0, 0.1) is 0 Å². The fourth-order valence-electron chi connectivity index (χ4n) is 3.89. The zero-order valence-corrected chi connectivity index (χ0v) is 13.0. The van der Waals surface area contributed by atoms with E-state index in [-0.39, 0.29) is 12.0 Å². The summed E-state index contributed by atoms with van der Waals surface area (Å²) in [6, 6.07) is 14.0. The molecule has 4 nitrogen and oxygen atoms in total. The van der Waals surface area contributed by atoms with E-state index in [9.17, 15) is 4.79 Å². The summed E-state index contributed by atoms with van der Waals surface area (Å²) in [6.45, 7) is 0. The van der Waals surface area contributed by atoms with Crippen molar-refractivity contribution in [2.24, 2.45) is 0 Å². The third-order valence-electron chi connectivity index (χ3n) is 4.90. The summed E-state index contributed by atoms with van der Waals surface area (Å²) in [6.07, 6.45) is 7.68. The van der Waals surface area contributed by atoms with Crippen LogP contribution in [0.15, 0.2) is 54.9 Å². The molecule has 3 heterocycles. The quantitative estimate of drug-likeness (QED) is 0.874. The highest BCUT2D eigenvalue weighted by molar-refractivity contribution is 5.94. The molecule has 0 N–H and O–H groups in total. The highest BCUT2D eigenvalue weighted by atomic mass is 16.5. The second kappa shape index (κ2) is 6.03. The SMILES string of the molecule is O=C(c1ccccc1)N1C2CCC1CC(Oc1ccncc1)C2. The van der Waals surface area contributed by atoms with E-state index in [4.69, 9.17) is 4.74 Å². The first-order valence-electron chi connectivity index (χ1n) is 8.25. The third kappa shape index (κ3) is 2.81. The Bertz CT molecular complexity index is 660. The lowest BCUT2D eigenvalue weighted by Crippen LogP contribution is -2.49. The predicted octanol–water partition coefficient (Wildman–Crippen LogP) is 3.30. The molecule has 4 rings (SSSR count). The molecule has 2 aliphatic rings. The molecule has 0 radical (unpaired) electrons. The average Bonchev–Trinajstić information content (AvgIpc) is 2.87. The normalized spacial score (nSPS) is 26.1. The number of nitrogens with zero attached hydrogens (tertiary/aromatic N) is 2. The van der Waals surface area contributed by atoms with Gasteiger partial charge in [-0.2, -0.15) is 0 Å². The van der Waals surface area contributed by atoms with Crippen LogP contribution in [0.3, 0.4) is 0 Å². The molecular weight excluding hydrogens is 288 g/mol. The number of benzene rings is 1. The molecule has 2 aromatic rings. The lowest BCUT2D eigenvalue weighted by molar-refractivity contribution is 0.0359. The molecule has 0 aliphatic carbocycles. The highest BCUT2D eigenvalue weighted by Crippen LogP contribution is 2.38. The number of amides is 1. The first kappa shape index (κ1) is 14.2. The Morgan fingerprint density at radius 2 is 1.65 bits per heavy atom. The molecule has 1 aromatic heterocycles. The molecule has 0 spiro atoms. The van der Waals surface area contributed by atoms with E-state index in [1.165, 1.54) is 0 Å². The Labute approximate surface area is 136 Å². The number of fused-ring (bicyclic) bond motifs is 2. The van der Waals surface area contributed by atoms with Crippen molar-refractivity contribution in [2.45, 2.75) is 43.9 Å². The second-order valence-electron chi connectivity index (χ2n) is 6.36. The van der Waals surface area contributed by atoms with Gasteiger partial charge in [0.05, 0.1) is 0 Å².